The van der Waals surface area contributed by atoms with Crippen LogP contribution in [0.4, 0.5) is 0 Å². The van der Waals surface area contributed by atoms with Crippen molar-refractivity contribution < 1.29 is 0 Å². The summed E-state index contributed by atoms with van der Waals surface area (Å²) < 4.78 is 0. The van der Waals surface area contributed by atoms with E-state index >= 15 is 0 Å². The van der Waals surface area contributed by atoms with Gasteiger partial charge in [-0.2, -0.15) is 0 Å². The van der Waals surface area contributed by atoms with Crippen molar-refractivity contribution in [2.24, 2.45) is 10.7 Å². The van der Waals surface area contributed by atoms with Crippen LogP contribution in [-0.4, -0.2) is 12.8 Å². The SMILES string of the molecule is CN=C(C=C(N)c1ccc(C)cc1)c1ccc(C)cc1. The molecule has 20 heavy (non-hydrogen) atoms. The molecule has 0 atom stereocenters. The molecule has 2 rings (SSSR count). The standard InChI is InChI=1S/C18H20N2/c1-13-4-8-15(9-5-13)17(19)12-18(20-3)16-10-6-14(2)7-11-16/h4-12H,19H2,1-3H3. The van der Waals surface area contributed by atoms with Crippen molar-refractivity contribution in [1.29, 1.82) is 0 Å². The highest BCUT2D eigenvalue weighted by Crippen LogP contribution is 2.13. The van der Waals surface area contributed by atoms with E-state index in [4.69, 9.17) is 5.73 Å². The van der Waals surface area contributed by atoms with Gasteiger partial charge >= 0.3 is 0 Å². The maximum Gasteiger partial charge on any atom is 0.0663 e. The molecule has 2 nitrogen and oxygen atoms in total. The summed E-state index contributed by atoms with van der Waals surface area (Å²) in [4.78, 5) is 4.33. The molecule has 0 fully saturated rings. The van der Waals surface area contributed by atoms with Crippen LogP contribution in [0.15, 0.2) is 59.6 Å². The van der Waals surface area contributed by atoms with Crippen LogP contribution >= 0.6 is 0 Å². The number of hydrogen-bond acceptors (Lipinski definition) is 2. The highest BCUT2D eigenvalue weighted by atomic mass is 14.7. The van der Waals surface area contributed by atoms with Crippen LogP contribution < -0.4 is 5.73 Å². The van der Waals surface area contributed by atoms with Crippen LogP contribution in [0, 0.1) is 13.8 Å². The van der Waals surface area contributed by atoms with E-state index in [1.807, 2.05) is 18.2 Å². The Labute approximate surface area is 120 Å². The zero-order chi connectivity index (χ0) is 14.5. The Bertz CT molecular complexity index is 632. The lowest BCUT2D eigenvalue weighted by Gasteiger charge is -2.06. The van der Waals surface area contributed by atoms with E-state index < -0.39 is 0 Å². The number of nitrogens with two attached hydrogens (primary N) is 1. The van der Waals surface area contributed by atoms with Crippen molar-refractivity contribution in [3.05, 3.63) is 76.9 Å². The third-order valence-corrected chi connectivity index (χ3v) is 3.27. The number of allylic oxidation sites excluding steroid dienone is 1. The first-order valence-corrected chi connectivity index (χ1v) is 6.68. The van der Waals surface area contributed by atoms with Crippen molar-refractivity contribution >= 4 is 11.4 Å². The minimum absolute atomic E-state index is 0.728. The number of rotatable bonds is 3. The second-order valence-corrected chi connectivity index (χ2v) is 4.94. The van der Waals surface area contributed by atoms with Crippen LogP contribution in [0.5, 0.6) is 0 Å². The third kappa shape index (κ3) is 3.35. The van der Waals surface area contributed by atoms with Crippen LogP contribution in [0.2, 0.25) is 0 Å². The Balaban J connectivity index is 2.31. The van der Waals surface area contributed by atoms with Crippen molar-refractivity contribution in [3.63, 3.8) is 0 Å². The van der Waals surface area contributed by atoms with Gasteiger partial charge in [-0.1, -0.05) is 59.7 Å². The van der Waals surface area contributed by atoms with Gasteiger partial charge in [-0.15, -0.1) is 0 Å². The lowest BCUT2D eigenvalue weighted by molar-refractivity contribution is 1.40. The zero-order valence-corrected chi connectivity index (χ0v) is 12.2. The Morgan fingerprint density at radius 1 is 0.850 bits per heavy atom. The predicted octanol–water partition coefficient (Wildman–Crippen LogP) is 3.72. The average molecular weight is 264 g/mol. The number of benzene rings is 2. The lowest BCUT2D eigenvalue weighted by Crippen LogP contribution is -2.03. The molecular weight excluding hydrogens is 244 g/mol. The molecule has 2 N–H and O–H groups in total. The molecule has 0 aliphatic carbocycles. The lowest BCUT2D eigenvalue weighted by atomic mass is 10.0. The maximum absolute atomic E-state index is 6.17. The van der Waals surface area contributed by atoms with Gasteiger partial charge < -0.3 is 5.73 Å². The molecule has 0 radical (unpaired) electrons. The maximum atomic E-state index is 6.17. The first kappa shape index (κ1) is 14.1. The highest BCUT2D eigenvalue weighted by molar-refractivity contribution is 6.11. The van der Waals surface area contributed by atoms with Gasteiger partial charge in [0, 0.05) is 12.7 Å². The minimum atomic E-state index is 0.728. The summed E-state index contributed by atoms with van der Waals surface area (Å²) in [7, 11) is 1.79. The van der Waals surface area contributed by atoms with E-state index in [1.165, 1.54) is 11.1 Å². The van der Waals surface area contributed by atoms with Crippen LogP contribution in [-0.2, 0) is 0 Å². The third-order valence-electron chi connectivity index (χ3n) is 3.27. The fourth-order valence-electron chi connectivity index (χ4n) is 1.98. The fraction of sp³-hybridized carbons (Fsp3) is 0.167. The van der Waals surface area contributed by atoms with Gasteiger partial charge in [0.15, 0.2) is 0 Å². The molecule has 0 unspecified atom stereocenters. The van der Waals surface area contributed by atoms with Crippen LogP contribution in [0.25, 0.3) is 5.70 Å². The largest absolute Gasteiger partial charge is 0.398 e. The molecule has 102 valence electrons. The number of nitrogens with zero attached hydrogens (tertiary/aromatic N) is 1. The number of aliphatic imine (C=N–C) groups is 1. The summed E-state index contributed by atoms with van der Waals surface area (Å²) in [6.45, 7) is 4.14. The second-order valence-electron chi connectivity index (χ2n) is 4.94. The first-order chi connectivity index (χ1) is 9.60. The quantitative estimate of drug-likeness (QED) is 0.843. The minimum Gasteiger partial charge on any atom is -0.398 e. The summed E-state index contributed by atoms with van der Waals surface area (Å²) >= 11 is 0. The molecule has 0 amide bonds. The average Bonchev–Trinajstić information content (AvgIpc) is 2.46. The molecule has 0 aliphatic heterocycles. The monoisotopic (exact) mass is 264 g/mol. The number of aryl methyl sites for hydroxylation is 2. The van der Waals surface area contributed by atoms with E-state index in [-0.39, 0.29) is 0 Å². The summed E-state index contributed by atoms with van der Waals surface area (Å²) in [5.41, 5.74) is 12.3. The van der Waals surface area contributed by atoms with Crippen LogP contribution in [0.1, 0.15) is 22.3 Å². The van der Waals surface area contributed by atoms with Gasteiger partial charge in [0.05, 0.1) is 5.71 Å². The van der Waals surface area contributed by atoms with E-state index in [2.05, 4.69) is 55.2 Å². The molecule has 0 aliphatic rings. The molecule has 2 aromatic rings. The van der Waals surface area contributed by atoms with E-state index in [0.717, 1.165) is 22.5 Å². The van der Waals surface area contributed by atoms with Gasteiger partial charge in [-0.05, 0) is 31.1 Å². The normalized spacial score (nSPS) is 12.6. The molecular formula is C18H20N2. The van der Waals surface area contributed by atoms with E-state index in [0.29, 0.717) is 0 Å². The van der Waals surface area contributed by atoms with Crippen molar-refractivity contribution in [2.75, 3.05) is 7.05 Å². The molecule has 2 heteroatoms. The Morgan fingerprint density at radius 3 is 1.75 bits per heavy atom. The molecule has 0 spiro atoms. The topological polar surface area (TPSA) is 38.4 Å². The first-order valence-electron chi connectivity index (χ1n) is 6.68. The molecule has 0 aromatic heterocycles. The summed E-state index contributed by atoms with van der Waals surface area (Å²) in [5.74, 6) is 0. The molecule has 2 aromatic carbocycles. The molecule has 0 saturated carbocycles. The fourth-order valence-corrected chi connectivity index (χ4v) is 1.98. The molecule has 0 bridgehead atoms. The van der Waals surface area contributed by atoms with E-state index in [1.54, 1.807) is 7.05 Å². The Hall–Kier alpha value is -2.35. The van der Waals surface area contributed by atoms with E-state index in [9.17, 15) is 0 Å². The summed E-state index contributed by atoms with van der Waals surface area (Å²) in [5, 5.41) is 0. The predicted molar refractivity (Wildman–Crippen MR) is 87.0 cm³/mol. The van der Waals surface area contributed by atoms with Gasteiger partial charge in [0.1, 0.15) is 0 Å². The van der Waals surface area contributed by atoms with Crippen molar-refractivity contribution in [3.8, 4) is 0 Å². The summed E-state index contributed by atoms with van der Waals surface area (Å²) in [6.07, 6.45) is 1.93. The van der Waals surface area contributed by atoms with Gasteiger partial charge in [-0.25, -0.2) is 0 Å². The van der Waals surface area contributed by atoms with Crippen molar-refractivity contribution in [1.82, 2.24) is 0 Å². The molecule has 0 saturated heterocycles. The molecule has 0 heterocycles. The Morgan fingerprint density at radius 2 is 1.30 bits per heavy atom. The second kappa shape index (κ2) is 6.20. The van der Waals surface area contributed by atoms with Gasteiger partial charge in [0.25, 0.3) is 0 Å². The Kier molecular flexibility index (Phi) is 4.36. The van der Waals surface area contributed by atoms with Crippen LogP contribution in [0.3, 0.4) is 0 Å². The smallest absolute Gasteiger partial charge is 0.0663 e. The summed E-state index contributed by atoms with van der Waals surface area (Å²) in [6, 6.07) is 16.5. The zero-order valence-electron chi connectivity index (χ0n) is 12.2. The van der Waals surface area contributed by atoms with Crippen molar-refractivity contribution in [2.45, 2.75) is 13.8 Å². The van der Waals surface area contributed by atoms with Gasteiger partial charge in [0.2, 0.25) is 0 Å². The highest BCUT2D eigenvalue weighted by Gasteiger charge is 2.02. The van der Waals surface area contributed by atoms with Gasteiger partial charge in [-0.3, -0.25) is 4.99 Å². The number of hydrogen-bond donors (Lipinski definition) is 1.